The molecule has 0 bridgehead atoms. The average Bonchev–Trinajstić information content (AvgIpc) is 3.22. The minimum Gasteiger partial charge on any atom is -0.497 e. The second-order valence-electron chi connectivity index (χ2n) is 7.48. The third-order valence-electron chi connectivity index (χ3n) is 5.54. The molecule has 8 heteroatoms. The fraction of sp³-hybridized carbons (Fsp3) is 0.167. The lowest BCUT2D eigenvalue weighted by Gasteiger charge is -2.28. The Morgan fingerprint density at radius 2 is 1.91 bits per heavy atom. The van der Waals surface area contributed by atoms with Crippen LogP contribution in [0, 0.1) is 0 Å². The van der Waals surface area contributed by atoms with Crippen LogP contribution in [0.1, 0.15) is 30.9 Å². The van der Waals surface area contributed by atoms with Crippen LogP contribution in [-0.4, -0.2) is 32.5 Å². The normalized spacial score (nSPS) is 15.4. The highest BCUT2D eigenvalue weighted by atomic mass is 35.5. The number of fused-ring (bicyclic) bond motifs is 3. The second kappa shape index (κ2) is 7.76. The Balaban J connectivity index is 1.77. The van der Waals surface area contributed by atoms with Crippen molar-refractivity contribution in [2.45, 2.75) is 19.8 Å². The van der Waals surface area contributed by atoms with Crippen LogP contribution in [0.5, 0.6) is 11.6 Å². The topological polar surface area (TPSA) is 78.6 Å². The summed E-state index contributed by atoms with van der Waals surface area (Å²) in [5.74, 6) is 1.62. The first-order valence-electron chi connectivity index (χ1n) is 10.0. The molecule has 0 saturated carbocycles. The van der Waals surface area contributed by atoms with Crippen molar-refractivity contribution in [2.75, 3.05) is 7.11 Å². The van der Waals surface area contributed by atoms with Gasteiger partial charge in [-0.05, 0) is 43.7 Å². The predicted molar refractivity (Wildman–Crippen MR) is 120 cm³/mol. The van der Waals surface area contributed by atoms with E-state index in [0.29, 0.717) is 44.8 Å². The Labute approximate surface area is 189 Å². The van der Waals surface area contributed by atoms with Crippen molar-refractivity contribution in [3.05, 3.63) is 82.3 Å². The molecule has 32 heavy (non-hydrogen) atoms. The van der Waals surface area contributed by atoms with Gasteiger partial charge in [-0.15, -0.1) is 5.10 Å². The minimum atomic E-state index is -0.415. The molecule has 1 aliphatic rings. The summed E-state index contributed by atoms with van der Waals surface area (Å²) in [6, 6.07) is 15.0. The first kappa shape index (κ1) is 20.2. The van der Waals surface area contributed by atoms with E-state index in [9.17, 15) is 4.79 Å². The van der Waals surface area contributed by atoms with Crippen molar-refractivity contribution in [2.24, 2.45) is 0 Å². The Hall–Kier alpha value is -3.71. The molecule has 0 N–H and O–H groups in total. The molecule has 0 aliphatic carbocycles. The number of ketones is 1. The highest BCUT2D eigenvalue weighted by Gasteiger charge is 2.36. The van der Waals surface area contributed by atoms with Gasteiger partial charge >= 0.3 is 0 Å². The third kappa shape index (κ3) is 3.22. The van der Waals surface area contributed by atoms with E-state index < -0.39 is 5.92 Å². The number of carbonyl (C=O) groups excluding carboxylic acids is 1. The van der Waals surface area contributed by atoms with Gasteiger partial charge in [0.1, 0.15) is 17.8 Å². The molecule has 0 saturated heterocycles. The number of ether oxygens (including phenoxy) is 2. The summed E-state index contributed by atoms with van der Waals surface area (Å²) < 4.78 is 12.9. The zero-order valence-corrected chi connectivity index (χ0v) is 18.4. The van der Waals surface area contributed by atoms with Gasteiger partial charge in [0.2, 0.25) is 5.88 Å². The maximum absolute atomic E-state index is 12.7. The molecular weight excluding hydrogens is 428 g/mol. The van der Waals surface area contributed by atoms with Crippen LogP contribution in [0.15, 0.2) is 66.2 Å². The number of rotatable bonds is 4. The summed E-state index contributed by atoms with van der Waals surface area (Å²) in [5.41, 5.74) is 3.40. The van der Waals surface area contributed by atoms with E-state index >= 15 is 0 Å². The van der Waals surface area contributed by atoms with E-state index in [0.717, 1.165) is 11.3 Å². The second-order valence-corrected chi connectivity index (χ2v) is 7.89. The van der Waals surface area contributed by atoms with Gasteiger partial charge in [0.05, 0.1) is 17.7 Å². The summed E-state index contributed by atoms with van der Waals surface area (Å²) in [4.78, 5) is 21.9. The fourth-order valence-corrected chi connectivity index (χ4v) is 4.30. The monoisotopic (exact) mass is 446 g/mol. The van der Waals surface area contributed by atoms with Gasteiger partial charge in [-0.1, -0.05) is 35.9 Å². The van der Waals surface area contributed by atoms with Crippen molar-refractivity contribution < 1.29 is 14.3 Å². The van der Waals surface area contributed by atoms with E-state index in [1.54, 1.807) is 30.9 Å². The lowest BCUT2D eigenvalue weighted by molar-refractivity contribution is -0.114. The van der Waals surface area contributed by atoms with Crippen LogP contribution in [0.2, 0.25) is 5.02 Å². The van der Waals surface area contributed by atoms with Gasteiger partial charge < -0.3 is 9.47 Å². The molecule has 2 aromatic heterocycles. The zero-order chi connectivity index (χ0) is 22.4. The average molecular weight is 447 g/mol. The molecule has 0 amide bonds. The van der Waals surface area contributed by atoms with Crippen molar-refractivity contribution >= 4 is 23.0 Å². The number of allylic oxidation sites excluding steroid dienone is 2. The molecule has 1 aliphatic heterocycles. The van der Waals surface area contributed by atoms with Crippen LogP contribution < -0.4 is 9.47 Å². The molecule has 0 unspecified atom stereocenters. The molecule has 0 radical (unpaired) electrons. The van der Waals surface area contributed by atoms with Gasteiger partial charge in [-0.25, -0.2) is 14.5 Å². The number of Topliss-reactive ketones (excluding diaryl/α,β-unsaturated/α-hetero) is 1. The Morgan fingerprint density at radius 3 is 2.59 bits per heavy atom. The largest absolute Gasteiger partial charge is 0.497 e. The molecule has 160 valence electrons. The molecule has 2 aromatic carbocycles. The van der Waals surface area contributed by atoms with Crippen LogP contribution in [-0.2, 0) is 4.79 Å². The fourth-order valence-electron chi connectivity index (χ4n) is 4.08. The van der Waals surface area contributed by atoms with E-state index in [2.05, 4.69) is 10.1 Å². The summed E-state index contributed by atoms with van der Waals surface area (Å²) in [7, 11) is 1.61. The molecule has 0 spiro atoms. The third-order valence-corrected chi connectivity index (χ3v) is 5.87. The maximum atomic E-state index is 12.7. The molecule has 1 atom stereocenters. The number of carbonyl (C=O) groups is 1. The SMILES string of the molecule is COc1ccc([C@H]2C(C(C)=O)=C(C)Oc3ncn4nc(-c5ccccc5Cl)nc4c32)cc1. The molecule has 0 fully saturated rings. The Bertz CT molecular complexity index is 1390. The smallest absolute Gasteiger partial charge is 0.228 e. The van der Waals surface area contributed by atoms with Gasteiger partial charge in [0, 0.05) is 17.1 Å². The number of benzene rings is 2. The van der Waals surface area contributed by atoms with Crippen LogP contribution in [0.3, 0.4) is 0 Å². The number of hydrogen-bond acceptors (Lipinski definition) is 6. The first-order valence-corrected chi connectivity index (χ1v) is 10.4. The van der Waals surface area contributed by atoms with E-state index in [1.807, 2.05) is 42.5 Å². The van der Waals surface area contributed by atoms with Crippen LogP contribution >= 0.6 is 11.6 Å². The number of methoxy groups -OCH3 is 1. The van der Waals surface area contributed by atoms with Gasteiger partial charge in [-0.2, -0.15) is 0 Å². The van der Waals surface area contributed by atoms with Crippen molar-refractivity contribution in [1.82, 2.24) is 19.6 Å². The lowest BCUT2D eigenvalue weighted by atomic mass is 9.82. The molecule has 5 rings (SSSR count). The number of nitrogens with zero attached hydrogens (tertiary/aromatic N) is 4. The van der Waals surface area contributed by atoms with Crippen molar-refractivity contribution in [3.8, 4) is 23.0 Å². The lowest BCUT2D eigenvalue weighted by Crippen LogP contribution is -2.22. The van der Waals surface area contributed by atoms with Gasteiger partial charge in [-0.3, -0.25) is 4.79 Å². The highest BCUT2D eigenvalue weighted by molar-refractivity contribution is 6.33. The Morgan fingerprint density at radius 1 is 1.16 bits per heavy atom. The Kier molecular flexibility index (Phi) is 4.90. The van der Waals surface area contributed by atoms with Crippen molar-refractivity contribution in [1.29, 1.82) is 0 Å². The quantitative estimate of drug-likeness (QED) is 0.446. The highest BCUT2D eigenvalue weighted by Crippen LogP contribution is 2.44. The van der Waals surface area contributed by atoms with Crippen LogP contribution in [0.25, 0.3) is 17.0 Å². The zero-order valence-electron chi connectivity index (χ0n) is 17.7. The van der Waals surface area contributed by atoms with Gasteiger partial charge in [0.25, 0.3) is 0 Å². The standard InChI is InChI=1S/C24H19ClN4O3/c1-13(30)19-14(2)32-24-21(20(19)15-8-10-16(31-3)11-9-15)23-27-22(28-29(23)12-26-24)17-6-4-5-7-18(17)25/h4-12,20H,1-3H3/t20-/m0/s1. The van der Waals surface area contributed by atoms with Gasteiger partial charge in [0.15, 0.2) is 17.3 Å². The number of halogens is 1. The van der Waals surface area contributed by atoms with Crippen molar-refractivity contribution in [3.63, 3.8) is 0 Å². The van der Waals surface area contributed by atoms with E-state index in [4.69, 9.17) is 26.1 Å². The summed E-state index contributed by atoms with van der Waals surface area (Å²) in [5, 5.41) is 5.13. The minimum absolute atomic E-state index is 0.0817. The van der Waals surface area contributed by atoms with Crippen LogP contribution in [0.4, 0.5) is 0 Å². The van der Waals surface area contributed by atoms with E-state index in [1.165, 1.54) is 6.92 Å². The summed E-state index contributed by atoms with van der Waals surface area (Å²) in [6.07, 6.45) is 1.55. The number of aromatic nitrogens is 4. The predicted octanol–water partition coefficient (Wildman–Crippen LogP) is 4.84. The molecule has 3 heterocycles. The summed E-state index contributed by atoms with van der Waals surface area (Å²) >= 11 is 6.37. The summed E-state index contributed by atoms with van der Waals surface area (Å²) in [6.45, 7) is 3.32. The molecule has 4 aromatic rings. The maximum Gasteiger partial charge on any atom is 0.228 e. The number of hydrogen-bond donors (Lipinski definition) is 0. The molecular formula is C24H19ClN4O3. The molecule has 7 nitrogen and oxygen atoms in total. The first-order chi connectivity index (χ1) is 15.5. The van der Waals surface area contributed by atoms with E-state index in [-0.39, 0.29) is 5.78 Å².